The standard InChI is InChI=1S/C19H26FN3O2S/c1-13(2)23(14(3)4)18(25)12-26-19-21-9-16(11-24)22(19)10-15-7-5-6-8-17(15)20/h5-9,13-14,24H,10-12H2,1-4H3. The van der Waals surface area contributed by atoms with Gasteiger partial charge in [0.25, 0.3) is 0 Å². The fourth-order valence-corrected chi connectivity index (χ4v) is 3.84. The van der Waals surface area contributed by atoms with E-state index in [1.807, 2.05) is 32.6 Å². The molecule has 26 heavy (non-hydrogen) atoms. The first-order chi connectivity index (χ1) is 12.3. The maximum Gasteiger partial charge on any atom is 0.233 e. The first-order valence-electron chi connectivity index (χ1n) is 8.67. The largest absolute Gasteiger partial charge is 0.390 e. The van der Waals surface area contributed by atoms with Gasteiger partial charge in [-0.3, -0.25) is 4.79 Å². The number of aliphatic hydroxyl groups is 1. The molecule has 0 atom stereocenters. The predicted octanol–water partition coefficient (Wildman–Crippen LogP) is 3.30. The minimum absolute atomic E-state index is 0.0333. The first kappa shape index (κ1) is 20.5. The fourth-order valence-electron chi connectivity index (χ4n) is 2.97. The predicted molar refractivity (Wildman–Crippen MR) is 101 cm³/mol. The van der Waals surface area contributed by atoms with E-state index in [4.69, 9.17) is 0 Å². The van der Waals surface area contributed by atoms with Crippen LogP contribution in [0.4, 0.5) is 4.39 Å². The van der Waals surface area contributed by atoms with Crippen molar-refractivity contribution in [2.75, 3.05) is 5.75 Å². The van der Waals surface area contributed by atoms with Crippen LogP contribution in [-0.2, 0) is 17.9 Å². The number of hydrogen-bond donors (Lipinski definition) is 1. The molecule has 0 spiro atoms. The van der Waals surface area contributed by atoms with Gasteiger partial charge < -0.3 is 14.6 Å². The monoisotopic (exact) mass is 379 g/mol. The van der Waals surface area contributed by atoms with Crippen molar-refractivity contribution in [2.24, 2.45) is 0 Å². The Labute approximate surface area is 158 Å². The van der Waals surface area contributed by atoms with E-state index >= 15 is 0 Å². The number of aromatic nitrogens is 2. The van der Waals surface area contributed by atoms with Crippen LogP contribution in [0.1, 0.15) is 39.0 Å². The molecular weight excluding hydrogens is 353 g/mol. The number of benzene rings is 1. The third kappa shape index (κ3) is 4.86. The lowest BCUT2D eigenvalue weighted by Gasteiger charge is -2.30. The van der Waals surface area contributed by atoms with Crippen molar-refractivity contribution < 1.29 is 14.3 Å². The van der Waals surface area contributed by atoms with Crippen LogP contribution in [0.15, 0.2) is 35.6 Å². The zero-order chi connectivity index (χ0) is 19.3. The van der Waals surface area contributed by atoms with Gasteiger partial charge in [0, 0.05) is 17.6 Å². The Kier molecular flexibility index (Phi) is 7.23. The summed E-state index contributed by atoms with van der Waals surface area (Å²) in [5, 5.41) is 10.1. The van der Waals surface area contributed by atoms with Gasteiger partial charge in [0.1, 0.15) is 5.82 Å². The van der Waals surface area contributed by atoms with Crippen molar-refractivity contribution in [3.05, 3.63) is 47.5 Å². The number of hydrogen-bond acceptors (Lipinski definition) is 4. The second kappa shape index (κ2) is 9.19. The summed E-state index contributed by atoms with van der Waals surface area (Å²) in [7, 11) is 0. The molecule has 0 saturated heterocycles. The molecule has 0 radical (unpaired) electrons. The zero-order valence-electron chi connectivity index (χ0n) is 15.6. The molecule has 5 nitrogen and oxygen atoms in total. The molecule has 0 aliphatic carbocycles. The van der Waals surface area contributed by atoms with Crippen molar-refractivity contribution in [1.82, 2.24) is 14.5 Å². The van der Waals surface area contributed by atoms with Crippen LogP contribution in [0.2, 0.25) is 0 Å². The van der Waals surface area contributed by atoms with Crippen LogP contribution in [0.25, 0.3) is 0 Å². The van der Waals surface area contributed by atoms with Gasteiger partial charge >= 0.3 is 0 Å². The molecule has 0 unspecified atom stereocenters. The van der Waals surface area contributed by atoms with Crippen molar-refractivity contribution in [2.45, 2.75) is 58.1 Å². The van der Waals surface area contributed by atoms with Crippen LogP contribution in [0.5, 0.6) is 0 Å². The van der Waals surface area contributed by atoms with E-state index in [1.54, 1.807) is 29.0 Å². The average molecular weight is 380 g/mol. The van der Waals surface area contributed by atoms with Gasteiger partial charge in [-0.1, -0.05) is 30.0 Å². The second-order valence-corrected chi connectivity index (χ2v) is 7.59. The summed E-state index contributed by atoms with van der Waals surface area (Å²) in [4.78, 5) is 18.7. The van der Waals surface area contributed by atoms with E-state index in [1.165, 1.54) is 17.8 Å². The van der Waals surface area contributed by atoms with E-state index < -0.39 is 0 Å². The van der Waals surface area contributed by atoms with Crippen LogP contribution < -0.4 is 0 Å². The van der Waals surface area contributed by atoms with Crippen molar-refractivity contribution in [3.8, 4) is 0 Å². The number of thioether (sulfide) groups is 1. The Morgan fingerprint density at radius 2 is 1.92 bits per heavy atom. The Balaban J connectivity index is 2.17. The van der Waals surface area contributed by atoms with E-state index in [0.29, 0.717) is 16.4 Å². The molecule has 0 saturated carbocycles. The topological polar surface area (TPSA) is 58.4 Å². The minimum Gasteiger partial charge on any atom is -0.390 e. The van der Waals surface area contributed by atoms with Crippen molar-refractivity contribution in [3.63, 3.8) is 0 Å². The van der Waals surface area contributed by atoms with Crippen LogP contribution in [0, 0.1) is 5.82 Å². The van der Waals surface area contributed by atoms with E-state index in [-0.39, 0.29) is 42.7 Å². The number of imidazole rings is 1. The Morgan fingerprint density at radius 1 is 1.27 bits per heavy atom. The molecule has 2 aromatic rings. The summed E-state index contributed by atoms with van der Waals surface area (Å²) in [6, 6.07) is 6.76. The number of halogens is 1. The Hall–Kier alpha value is -1.86. The van der Waals surface area contributed by atoms with Crippen LogP contribution in [0.3, 0.4) is 0 Å². The molecule has 0 aliphatic heterocycles. The third-order valence-electron chi connectivity index (χ3n) is 4.08. The lowest BCUT2D eigenvalue weighted by atomic mass is 10.2. The highest BCUT2D eigenvalue weighted by atomic mass is 32.2. The van der Waals surface area contributed by atoms with Gasteiger partial charge in [-0.2, -0.15) is 0 Å². The molecular formula is C19H26FN3O2S. The van der Waals surface area contributed by atoms with Gasteiger partial charge in [0.15, 0.2) is 5.16 Å². The highest BCUT2D eigenvalue weighted by Crippen LogP contribution is 2.22. The summed E-state index contributed by atoms with van der Waals surface area (Å²) < 4.78 is 15.7. The smallest absolute Gasteiger partial charge is 0.233 e. The summed E-state index contributed by atoms with van der Waals surface area (Å²) in [5.41, 5.74) is 1.10. The zero-order valence-corrected chi connectivity index (χ0v) is 16.5. The van der Waals surface area contributed by atoms with Gasteiger partial charge in [0.2, 0.25) is 5.91 Å². The first-order valence-corrected chi connectivity index (χ1v) is 9.66. The number of amides is 1. The molecule has 1 N–H and O–H groups in total. The number of carbonyl (C=O) groups excluding carboxylic acids is 1. The average Bonchev–Trinajstić information content (AvgIpc) is 2.96. The third-order valence-corrected chi connectivity index (χ3v) is 5.05. The fraction of sp³-hybridized carbons (Fsp3) is 0.474. The SMILES string of the molecule is CC(C)N(C(=O)CSc1ncc(CO)n1Cc1ccccc1F)C(C)C. The van der Waals surface area contributed by atoms with E-state index in [2.05, 4.69) is 4.98 Å². The number of aliphatic hydroxyl groups excluding tert-OH is 1. The Morgan fingerprint density at radius 3 is 2.50 bits per heavy atom. The van der Waals surface area contributed by atoms with Crippen molar-refractivity contribution in [1.29, 1.82) is 0 Å². The van der Waals surface area contributed by atoms with Gasteiger partial charge in [-0.15, -0.1) is 0 Å². The van der Waals surface area contributed by atoms with Crippen LogP contribution in [-0.4, -0.2) is 43.3 Å². The van der Waals surface area contributed by atoms with Gasteiger partial charge in [-0.25, -0.2) is 9.37 Å². The molecule has 1 amide bonds. The maximum atomic E-state index is 14.0. The quantitative estimate of drug-likeness (QED) is 0.715. The number of nitrogens with zero attached hydrogens (tertiary/aromatic N) is 3. The minimum atomic E-state index is -0.303. The summed E-state index contributed by atoms with van der Waals surface area (Å²) in [5.74, 6) is -0.0240. The lowest BCUT2D eigenvalue weighted by molar-refractivity contribution is -0.131. The second-order valence-electron chi connectivity index (χ2n) is 6.64. The molecule has 0 bridgehead atoms. The molecule has 0 fully saturated rings. The molecule has 1 aromatic heterocycles. The van der Waals surface area contributed by atoms with Crippen molar-refractivity contribution >= 4 is 17.7 Å². The molecule has 0 aliphatic rings. The Bertz CT molecular complexity index is 738. The maximum absolute atomic E-state index is 14.0. The van der Waals surface area contributed by atoms with E-state index in [0.717, 1.165) is 0 Å². The molecule has 142 valence electrons. The van der Waals surface area contributed by atoms with Crippen LogP contribution >= 0.6 is 11.8 Å². The lowest BCUT2D eigenvalue weighted by Crippen LogP contribution is -2.43. The molecule has 1 heterocycles. The molecule has 7 heteroatoms. The highest BCUT2D eigenvalue weighted by molar-refractivity contribution is 7.99. The summed E-state index contributed by atoms with van der Waals surface area (Å²) in [6.45, 7) is 8.03. The number of carbonyl (C=O) groups is 1. The number of rotatable bonds is 8. The van der Waals surface area contributed by atoms with E-state index in [9.17, 15) is 14.3 Å². The van der Waals surface area contributed by atoms with Gasteiger partial charge in [-0.05, 0) is 33.8 Å². The highest BCUT2D eigenvalue weighted by Gasteiger charge is 2.21. The van der Waals surface area contributed by atoms with Gasteiger partial charge in [0.05, 0.1) is 30.8 Å². The normalized spacial score (nSPS) is 11.4. The summed E-state index contributed by atoms with van der Waals surface area (Å²) >= 11 is 1.31. The summed E-state index contributed by atoms with van der Waals surface area (Å²) in [6.07, 6.45) is 1.57. The molecule has 2 rings (SSSR count). The molecule has 1 aromatic carbocycles.